The first-order valence-corrected chi connectivity index (χ1v) is 12.7. The molecule has 2 aromatic rings. The van der Waals surface area contributed by atoms with Crippen LogP contribution < -0.4 is 4.74 Å². The topological polar surface area (TPSA) is 67.7 Å². The van der Waals surface area contributed by atoms with Crippen LogP contribution in [0.15, 0.2) is 41.0 Å². The molecule has 0 saturated carbocycles. The van der Waals surface area contributed by atoms with Gasteiger partial charge >= 0.3 is 0 Å². The highest BCUT2D eigenvalue weighted by molar-refractivity contribution is 9.10. The Labute approximate surface area is 204 Å². The average Bonchev–Trinajstić information content (AvgIpc) is 3.23. The van der Waals surface area contributed by atoms with Crippen LogP contribution in [-0.4, -0.2) is 63.7 Å². The summed E-state index contributed by atoms with van der Waals surface area (Å²) in [7, 11) is 1.90. The third kappa shape index (κ3) is 6.37. The number of carbonyl (C=O) groups is 2. The van der Waals surface area contributed by atoms with E-state index < -0.39 is 0 Å². The summed E-state index contributed by atoms with van der Waals surface area (Å²) in [5.41, 5.74) is 1.05. The molecular formula is C25H33BrN4O3. The van der Waals surface area contributed by atoms with Gasteiger partial charge in [-0.3, -0.25) is 14.3 Å². The second-order valence-electron chi connectivity index (χ2n) is 9.09. The number of aryl methyl sites for hydroxylation is 2. The molecule has 0 aliphatic carbocycles. The number of aromatic nitrogens is 2. The molecule has 4 rings (SSSR count). The van der Waals surface area contributed by atoms with Crippen LogP contribution in [0.4, 0.5) is 0 Å². The quantitative estimate of drug-likeness (QED) is 0.560. The molecule has 178 valence electrons. The number of halogens is 1. The predicted octanol–water partition coefficient (Wildman–Crippen LogP) is 3.81. The first-order valence-electron chi connectivity index (χ1n) is 11.9. The third-order valence-electron chi connectivity index (χ3n) is 6.76. The molecule has 33 heavy (non-hydrogen) atoms. The molecule has 0 radical (unpaired) electrons. The van der Waals surface area contributed by atoms with Crippen LogP contribution in [0.2, 0.25) is 0 Å². The summed E-state index contributed by atoms with van der Waals surface area (Å²) in [6.45, 7) is 2.89. The maximum absolute atomic E-state index is 13.1. The number of likely N-dealkylation sites (tertiary alicyclic amines) is 2. The molecule has 8 heteroatoms. The minimum atomic E-state index is -0.0887. The number of amides is 2. The lowest BCUT2D eigenvalue weighted by atomic mass is 9.90. The van der Waals surface area contributed by atoms with Gasteiger partial charge in [-0.15, -0.1) is 0 Å². The van der Waals surface area contributed by atoms with E-state index in [4.69, 9.17) is 4.74 Å². The predicted molar refractivity (Wildman–Crippen MR) is 130 cm³/mol. The number of hydrogen-bond acceptors (Lipinski definition) is 4. The van der Waals surface area contributed by atoms with Gasteiger partial charge in [0.15, 0.2) is 0 Å². The first-order chi connectivity index (χ1) is 16.0. The second kappa shape index (κ2) is 11.2. The molecule has 0 bridgehead atoms. The van der Waals surface area contributed by atoms with Gasteiger partial charge in [0, 0.05) is 74.8 Å². The Morgan fingerprint density at radius 1 is 1.09 bits per heavy atom. The SMILES string of the molecule is Cn1nccc1CCC(=O)N1CC[C@H](Oc2cccc(Br)c2)[C@@H](CC(=O)N2CCCCC2)C1. The van der Waals surface area contributed by atoms with Crippen molar-refractivity contribution in [2.24, 2.45) is 13.0 Å². The van der Waals surface area contributed by atoms with Crippen molar-refractivity contribution in [3.63, 3.8) is 0 Å². The molecule has 2 atom stereocenters. The van der Waals surface area contributed by atoms with Gasteiger partial charge in [0.25, 0.3) is 0 Å². The Bertz CT molecular complexity index is 957. The van der Waals surface area contributed by atoms with Gasteiger partial charge in [0.05, 0.1) is 0 Å². The molecule has 2 amide bonds. The molecule has 3 heterocycles. The summed E-state index contributed by atoms with van der Waals surface area (Å²) in [4.78, 5) is 30.0. The molecule has 2 saturated heterocycles. The zero-order chi connectivity index (χ0) is 23.2. The number of piperidine rings is 2. The number of benzene rings is 1. The standard InChI is InChI=1S/C25H33BrN4O3/c1-28-21(10-12-27-28)8-9-24(31)30-15-11-23(33-22-7-5-6-20(26)17-22)19(18-30)16-25(32)29-13-3-2-4-14-29/h5-7,10,12,17,19,23H,2-4,8-9,11,13-16,18H2,1H3/t19-,23-/m0/s1. The van der Waals surface area contributed by atoms with E-state index in [1.54, 1.807) is 6.20 Å². The zero-order valence-electron chi connectivity index (χ0n) is 19.3. The Morgan fingerprint density at radius 2 is 1.91 bits per heavy atom. The molecule has 2 aliphatic heterocycles. The molecule has 1 aromatic carbocycles. The number of carbonyl (C=O) groups excluding carboxylic acids is 2. The Kier molecular flexibility index (Phi) is 8.06. The molecule has 2 aliphatic rings. The van der Waals surface area contributed by atoms with Crippen LogP contribution in [0.5, 0.6) is 5.75 Å². The van der Waals surface area contributed by atoms with E-state index in [0.717, 1.165) is 48.3 Å². The smallest absolute Gasteiger partial charge is 0.223 e. The van der Waals surface area contributed by atoms with Gasteiger partial charge in [-0.25, -0.2) is 0 Å². The van der Waals surface area contributed by atoms with E-state index in [0.29, 0.717) is 32.4 Å². The van der Waals surface area contributed by atoms with Crippen molar-refractivity contribution in [1.29, 1.82) is 0 Å². The van der Waals surface area contributed by atoms with E-state index in [-0.39, 0.29) is 23.8 Å². The molecule has 0 N–H and O–H groups in total. The largest absolute Gasteiger partial charge is 0.490 e. The molecular weight excluding hydrogens is 484 g/mol. The maximum atomic E-state index is 13.1. The van der Waals surface area contributed by atoms with E-state index in [1.807, 2.05) is 51.9 Å². The van der Waals surface area contributed by atoms with Gasteiger partial charge in [-0.05, 0) is 49.9 Å². The normalized spacial score (nSPS) is 21.2. The lowest BCUT2D eigenvalue weighted by molar-refractivity contribution is -0.139. The lowest BCUT2D eigenvalue weighted by Gasteiger charge is -2.39. The molecule has 0 spiro atoms. The second-order valence-corrected chi connectivity index (χ2v) is 10.0. The van der Waals surface area contributed by atoms with Gasteiger partial charge in [0.2, 0.25) is 11.8 Å². The fourth-order valence-electron chi connectivity index (χ4n) is 4.84. The highest BCUT2D eigenvalue weighted by Crippen LogP contribution is 2.28. The summed E-state index contributed by atoms with van der Waals surface area (Å²) >= 11 is 3.50. The molecule has 2 fully saturated rings. The van der Waals surface area contributed by atoms with Crippen molar-refractivity contribution in [1.82, 2.24) is 19.6 Å². The number of ether oxygens (including phenoxy) is 1. The van der Waals surface area contributed by atoms with Crippen LogP contribution in [0.25, 0.3) is 0 Å². The van der Waals surface area contributed by atoms with Crippen molar-refractivity contribution in [2.45, 2.75) is 51.0 Å². The number of hydrogen-bond donors (Lipinski definition) is 0. The van der Waals surface area contributed by atoms with Crippen LogP contribution in [0.3, 0.4) is 0 Å². The van der Waals surface area contributed by atoms with Crippen molar-refractivity contribution >= 4 is 27.7 Å². The van der Waals surface area contributed by atoms with Crippen LogP contribution in [0, 0.1) is 5.92 Å². The lowest BCUT2D eigenvalue weighted by Crippen LogP contribution is -2.50. The van der Waals surface area contributed by atoms with Gasteiger partial charge in [-0.2, -0.15) is 5.10 Å². The fourth-order valence-corrected chi connectivity index (χ4v) is 5.22. The van der Waals surface area contributed by atoms with Crippen molar-refractivity contribution in [2.75, 3.05) is 26.2 Å². The van der Waals surface area contributed by atoms with E-state index in [2.05, 4.69) is 21.0 Å². The molecule has 7 nitrogen and oxygen atoms in total. The first kappa shape index (κ1) is 23.8. The Morgan fingerprint density at radius 3 is 2.64 bits per heavy atom. The highest BCUT2D eigenvalue weighted by Gasteiger charge is 2.35. The minimum Gasteiger partial charge on any atom is -0.490 e. The van der Waals surface area contributed by atoms with Gasteiger partial charge < -0.3 is 14.5 Å². The highest BCUT2D eigenvalue weighted by atomic mass is 79.9. The van der Waals surface area contributed by atoms with Crippen LogP contribution >= 0.6 is 15.9 Å². The Hall–Kier alpha value is -2.35. The van der Waals surface area contributed by atoms with E-state index in [1.165, 1.54) is 6.42 Å². The minimum absolute atomic E-state index is 0.0205. The maximum Gasteiger partial charge on any atom is 0.223 e. The van der Waals surface area contributed by atoms with Gasteiger partial charge in [-0.1, -0.05) is 22.0 Å². The number of nitrogens with zero attached hydrogens (tertiary/aromatic N) is 4. The summed E-state index contributed by atoms with van der Waals surface area (Å²) in [5, 5.41) is 4.18. The Balaban J connectivity index is 1.41. The van der Waals surface area contributed by atoms with Gasteiger partial charge in [0.1, 0.15) is 11.9 Å². The van der Waals surface area contributed by atoms with Crippen molar-refractivity contribution < 1.29 is 14.3 Å². The summed E-state index contributed by atoms with van der Waals surface area (Å²) in [6, 6.07) is 9.76. The third-order valence-corrected chi connectivity index (χ3v) is 7.26. The van der Waals surface area contributed by atoms with Crippen molar-refractivity contribution in [3.05, 3.63) is 46.7 Å². The fraction of sp³-hybridized carbons (Fsp3) is 0.560. The van der Waals surface area contributed by atoms with Crippen molar-refractivity contribution in [3.8, 4) is 5.75 Å². The number of rotatable bonds is 7. The van der Waals surface area contributed by atoms with E-state index in [9.17, 15) is 9.59 Å². The monoisotopic (exact) mass is 516 g/mol. The summed E-state index contributed by atoms with van der Waals surface area (Å²) < 4.78 is 9.12. The average molecular weight is 517 g/mol. The summed E-state index contributed by atoms with van der Waals surface area (Å²) in [6.07, 6.45) is 7.28. The van der Waals surface area contributed by atoms with Crippen LogP contribution in [0.1, 0.15) is 44.2 Å². The van der Waals surface area contributed by atoms with Crippen LogP contribution in [-0.2, 0) is 23.1 Å². The zero-order valence-corrected chi connectivity index (χ0v) is 20.9. The summed E-state index contributed by atoms with van der Waals surface area (Å²) in [5.74, 6) is 1.09. The molecule has 0 unspecified atom stereocenters. The molecule has 1 aromatic heterocycles. The van der Waals surface area contributed by atoms with E-state index >= 15 is 0 Å².